The van der Waals surface area contributed by atoms with Crippen molar-refractivity contribution in [2.75, 3.05) is 26.4 Å². The van der Waals surface area contributed by atoms with Gasteiger partial charge in [0.15, 0.2) is 23.9 Å². The Labute approximate surface area is 287 Å². The van der Waals surface area contributed by atoms with Crippen molar-refractivity contribution in [3.8, 4) is 34.1 Å². The van der Waals surface area contributed by atoms with Crippen LogP contribution in [0.1, 0.15) is 46.5 Å². The molecule has 15 heteroatoms. The minimum absolute atomic E-state index is 0.0283. The van der Waals surface area contributed by atoms with Crippen LogP contribution in [0.3, 0.4) is 0 Å². The van der Waals surface area contributed by atoms with Crippen molar-refractivity contribution in [3.63, 3.8) is 0 Å². The number of fused-ring (bicyclic) bond motifs is 2. The molecule has 15 nitrogen and oxygen atoms in total. The van der Waals surface area contributed by atoms with Gasteiger partial charge in [0.2, 0.25) is 23.2 Å². The molecule has 5 rings (SSSR count). The van der Waals surface area contributed by atoms with E-state index in [-0.39, 0.29) is 34.7 Å². The molecule has 3 aromatic rings. The van der Waals surface area contributed by atoms with Gasteiger partial charge in [-0.1, -0.05) is 19.9 Å². The molecule has 5 N–H and O–H groups in total. The van der Waals surface area contributed by atoms with Gasteiger partial charge in [0, 0.05) is 18.7 Å². The average molecular weight is 693 g/mol. The Morgan fingerprint density at radius 3 is 2.50 bits per heavy atom. The molecule has 3 atom stereocenters. The minimum Gasteiger partial charge on any atom is -0.507 e. The summed E-state index contributed by atoms with van der Waals surface area (Å²) in [5, 5.41) is 15.9. The summed E-state index contributed by atoms with van der Waals surface area (Å²) in [6.45, 7) is 5.75. The molecule has 3 heterocycles. The first-order valence-corrected chi connectivity index (χ1v) is 16.3. The summed E-state index contributed by atoms with van der Waals surface area (Å²) in [4.78, 5) is 77.8. The summed E-state index contributed by atoms with van der Waals surface area (Å²) < 4.78 is 22.3. The number of nitrogens with zero attached hydrogens (tertiary/aromatic N) is 1. The fourth-order valence-corrected chi connectivity index (χ4v) is 6.05. The second-order valence-corrected chi connectivity index (χ2v) is 12.7. The highest BCUT2D eigenvalue weighted by Gasteiger charge is 2.38. The maximum atomic E-state index is 13.3. The first-order chi connectivity index (χ1) is 23.8. The second kappa shape index (κ2) is 15.3. The number of aromatic hydroxyl groups is 1. The van der Waals surface area contributed by atoms with Crippen LogP contribution in [0.25, 0.3) is 22.1 Å². The van der Waals surface area contributed by atoms with Crippen LogP contribution in [-0.4, -0.2) is 83.9 Å². The number of carbonyl (C=O) groups is 5. The third-order valence-electron chi connectivity index (χ3n) is 8.40. The van der Waals surface area contributed by atoms with E-state index in [0.29, 0.717) is 49.5 Å². The predicted octanol–water partition coefficient (Wildman–Crippen LogP) is 1.79. The summed E-state index contributed by atoms with van der Waals surface area (Å²) in [5.41, 5.74) is 5.42. The van der Waals surface area contributed by atoms with Crippen LogP contribution < -0.4 is 36.0 Å². The molecule has 1 saturated heterocycles. The van der Waals surface area contributed by atoms with E-state index in [9.17, 15) is 33.9 Å². The number of ether oxygens (including phenoxy) is 3. The highest BCUT2D eigenvalue weighted by molar-refractivity contribution is 6.02. The van der Waals surface area contributed by atoms with Crippen molar-refractivity contribution in [2.45, 2.75) is 64.6 Å². The summed E-state index contributed by atoms with van der Waals surface area (Å²) >= 11 is 0. The van der Waals surface area contributed by atoms with Gasteiger partial charge in [0.1, 0.15) is 54.0 Å². The summed E-state index contributed by atoms with van der Waals surface area (Å²) in [7, 11) is 0. The quantitative estimate of drug-likeness (QED) is 0.189. The van der Waals surface area contributed by atoms with E-state index in [4.69, 9.17) is 24.4 Å². The lowest BCUT2D eigenvalue weighted by Gasteiger charge is -2.29. The molecular weight excluding hydrogens is 652 g/mol. The van der Waals surface area contributed by atoms with Gasteiger partial charge >= 0.3 is 0 Å². The zero-order chi connectivity index (χ0) is 36.1. The molecule has 266 valence electrons. The number of amides is 4. The van der Waals surface area contributed by atoms with Crippen LogP contribution >= 0.6 is 0 Å². The van der Waals surface area contributed by atoms with Gasteiger partial charge in [-0.2, -0.15) is 0 Å². The number of nitrogens with one attached hydrogen (secondary N) is 2. The maximum Gasteiger partial charge on any atom is 0.258 e. The molecule has 0 spiro atoms. The van der Waals surface area contributed by atoms with Crippen LogP contribution in [0.4, 0.5) is 0 Å². The zero-order valence-electron chi connectivity index (χ0n) is 28.0. The van der Waals surface area contributed by atoms with Crippen molar-refractivity contribution in [1.82, 2.24) is 15.5 Å². The Balaban J connectivity index is 1.19. The van der Waals surface area contributed by atoms with Crippen LogP contribution in [-0.2, 0) is 24.0 Å². The number of ketones is 1. The van der Waals surface area contributed by atoms with Gasteiger partial charge in [0.05, 0.1) is 18.0 Å². The molecule has 2 aliphatic rings. The van der Waals surface area contributed by atoms with Crippen molar-refractivity contribution in [3.05, 3.63) is 46.8 Å². The Morgan fingerprint density at radius 2 is 1.78 bits per heavy atom. The molecule has 4 amide bonds. The van der Waals surface area contributed by atoms with Gasteiger partial charge in [-0.15, -0.1) is 0 Å². The SMILES string of the molecule is CC(C)C[C@@H](NC(=O)[C@@H]1CCCN1C(=O)[C@@H](C)NC(=O)COc1cc(O)c2c(=O)c(-c3ccc4c(c3)OCCO4)coc2c1)C(=O)CC(N)=O. The van der Waals surface area contributed by atoms with E-state index in [1.165, 1.54) is 30.2 Å². The maximum absolute atomic E-state index is 13.3. The molecule has 1 fully saturated rings. The Hall–Kier alpha value is -5.60. The van der Waals surface area contributed by atoms with Crippen LogP contribution in [0.5, 0.6) is 23.0 Å². The number of primary amides is 1. The van der Waals surface area contributed by atoms with Gasteiger partial charge in [-0.3, -0.25) is 28.8 Å². The first-order valence-electron chi connectivity index (χ1n) is 16.3. The molecule has 50 heavy (non-hydrogen) atoms. The van der Waals surface area contributed by atoms with Crippen LogP contribution in [0.15, 0.2) is 45.8 Å². The molecule has 0 saturated carbocycles. The number of hydrogen-bond acceptors (Lipinski definition) is 11. The molecule has 2 aliphatic heterocycles. The summed E-state index contributed by atoms with van der Waals surface area (Å²) in [6.07, 6.45) is 1.95. The Bertz CT molecular complexity index is 1870. The van der Waals surface area contributed by atoms with Crippen molar-refractivity contribution in [2.24, 2.45) is 11.7 Å². The molecule has 0 unspecified atom stereocenters. The number of phenolic OH excluding ortho intramolecular Hbond substituents is 1. The summed E-state index contributed by atoms with van der Waals surface area (Å²) in [5.74, 6) is -2.27. The van der Waals surface area contributed by atoms with Gasteiger partial charge < -0.3 is 45.0 Å². The number of hydrogen-bond donors (Lipinski definition) is 4. The third kappa shape index (κ3) is 8.15. The normalized spacial score (nSPS) is 16.5. The van der Waals surface area contributed by atoms with Crippen molar-refractivity contribution < 1.29 is 47.7 Å². The highest BCUT2D eigenvalue weighted by atomic mass is 16.6. The first kappa shape index (κ1) is 35.7. The Morgan fingerprint density at radius 1 is 1.04 bits per heavy atom. The number of likely N-dealkylation sites (tertiary alicyclic amines) is 1. The van der Waals surface area contributed by atoms with E-state index in [1.54, 1.807) is 18.2 Å². The third-order valence-corrected chi connectivity index (χ3v) is 8.40. The Kier molecular flexibility index (Phi) is 10.9. The van der Waals surface area contributed by atoms with Crippen LogP contribution in [0.2, 0.25) is 0 Å². The number of Topliss-reactive ketones (excluding diaryl/α,β-unsaturated/α-hetero) is 1. The second-order valence-electron chi connectivity index (χ2n) is 12.7. The van der Waals surface area contributed by atoms with E-state index in [2.05, 4.69) is 10.6 Å². The number of benzene rings is 2. The molecule has 2 aromatic carbocycles. The smallest absolute Gasteiger partial charge is 0.258 e. The van der Waals surface area contributed by atoms with E-state index >= 15 is 0 Å². The highest BCUT2D eigenvalue weighted by Crippen LogP contribution is 2.35. The van der Waals surface area contributed by atoms with Crippen molar-refractivity contribution in [1.29, 1.82) is 0 Å². The number of carbonyl (C=O) groups excluding carboxylic acids is 5. The number of phenols is 1. The lowest BCUT2D eigenvalue weighted by atomic mass is 9.98. The number of nitrogens with two attached hydrogens (primary N) is 1. The van der Waals surface area contributed by atoms with E-state index in [0.717, 1.165) is 0 Å². The topological polar surface area (TPSA) is 217 Å². The average Bonchev–Trinajstić information content (AvgIpc) is 3.56. The van der Waals surface area contributed by atoms with Crippen molar-refractivity contribution >= 4 is 40.4 Å². The lowest BCUT2D eigenvalue weighted by Crippen LogP contribution is -2.55. The van der Waals surface area contributed by atoms with Gasteiger partial charge in [-0.25, -0.2) is 0 Å². The monoisotopic (exact) mass is 692 g/mol. The molecule has 0 radical (unpaired) electrons. The number of rotatable bonds is 13. The lowest BCUT2D eigenvalue weighted by molar-refractivity contribution is -0.142. The van der Waals surface area contributed by atoms with Gasteiger partial charge in [0.25, 0.3) is 5.91 Å². The molecule has 0 bridgehead atoms. The summed E-state index contributed by atoms with van der Waals surface area (Å²) in [6, 6.07) is 4.76. The zero-order valence-corrected chi connectivity index (χ0v) is 28.0. The molecule has 0 aliphatic carbocycles. The van der Waals surface area contributed by atoms with E-state index in [1.807, 2.05) is 13.8 Å². The molecule has 1 aromatic heterocycles. The fraction of sp³-hybridized carbons (Fsp3) is 0.429. The molecular formula is C35H40N4O11. The van der Waals surface area contributed by atoms with E-state index < -0.39 is 71.7 Å². The van der Waals surface area contributed by atoms with Gasteiger partial charge in [-0.05, 0) is 49.8 Å². The van der Waals surface area contributed by atoms with Crippen LogP contribution in [0, 0.1) is 5.92 Å². The fourth-order valence-electron chi connectivity index (χ4n) is 6.05. The standard InChI is InChI=1S/C35H40N4O11/c1-18(2)11-23(25(40)15-30(36)42)38-34(45)24-5-4-8-39(24)35(46)19(3)37-31(43)17-49-21-13-26(41)32-29(14-21)50-16-22(33(32)44)20-6-7-27-28(12-20)48-10-9-47-27/h6-7,12-14,16,18-19,23-24,41H,4-5,8-11,15,17H2,1-3H3,(H2,36,42)(H,37,43)(H,38,45)/t19-,23-,24+/m1/s1. The largest absolute Gasteiger partial charge is 0.507 e. The minimum atomic E-state index is -1.02. The predicted molar refractivity (Wildman–Crippen MR) is 179 cm³/mol.